The molecular formula is C36H48O10. The van der Waals surface area contributed by atoms with Crippen LogP contribution < -0.4 is 0 Å². The number of carbonyl (C=O) groups excluding carboxylic acids is 3. The van der Waals surface area contributed by atoms with E-state index in [1.165, 1.54) is 14.0 Å². The Balaban J connectivity index is 1.49. The maximum Gasteiger partial charge on any atom is 0.334 e. The van der Waals surface area contributed by atoms with Gasteiger partial charge in [0.15, 0.2) is 11.7 Å². The molecule has 6 aliphatic rings. The monoisotopic (exact) mass is 640 g/mol. The number of ether oxygens (including phenoxy) is 6. The summed E-state index contributed by atoms with van der Waals surface area (Å²) in [5.74, 6) is -3.40. The molecule has 46 heavy (non-hydrogen) atoms. The van der Waals surface area contributed by atoms with E-state index in [4.69, 9.17) is 32.8 Å². The van der Waals surface area contributed by atoms with Gasteiger partial charge in [-0.3, -0.25) is 9.59 Å². The Morgan fingerprint density at radius 3 is 2.48 bits per heavy atom. The minimum Gasteiger partial charge on any atom is -0.472 e. The Labute approximate surface area is 270 Å². The number of esters is 3. The fourth-order valence-corrected chi connectivity index (χ4v) is 11.6. The van der Waals surface area contributed by atoms with Crippen molar-refractivity contribution in [3.63, 3.8) is 0 Å². The van der Waals surface area contributed by atoms with Crippen LogP contribution in [0.15, 0.2) is 34.7 Å². The van der Waals surface area contributed by atoms with Crippen LogP contribution in [-0.4, -0.2) is 60.0 Å². The van der Waals surface area contributed by atoms with Crippen molar-refractivity contribution < 1.29 is 47.2 Å². The van der Waals surface area contributed by atoms with Crippen LogP contribution in [0.2, 0.25) is 0 Å². The van der Waals surface area contributed by atoms with Gasteiger partial charge >= 0.3 is 17.9 Å². The lowest BCUT2D eigenvalue weighted by Gasteiger charge is -2.64. The third-order valence-electron chi connectivity index (χ3n) is 12.7. The smallest absolute Gasteiger partial charge is 0.334 e. The summed E-state index contributed by atoms with van der Waals surface area (Å²) in [6.45, 7) is 15.7. The number of carbonyl (C=O) groups is 3. The number of fused-ring (bicyclic) bond motifs is 3. The molecule has 3 saturated heterocycles. The molecule has 3 aliphatic heterocycles. The van der Waals surface area contributed by atoms with E-state index < -0.39 is 69.1 Å². The largest absolute Gasteiger partial charge is 0.472 e. The van der Waals surface area contributed by atoms with Gasteiger partial charge in [0.2, 0.25) is 0 Å². The normalized spacial score (nSPS) is 47.3. The Morgan fingerprint density at radius 1 is 1.11 bits per heavy atom. The van der Waals surface area contributed by atoms with Gasteiger partial charge in [0.25, 0.3) is 5.97 Å². The van der Waals surface area contributed by atoms with E-state index in [9.17, 15) is 14.4 Å². The third kappa shape index (κ3) is 3.89. The zero-order chi connectivity index (χ0) is 33.3. The van der Waals surface area contributed by atoms with Crippen molar-refractivity contribution in [1.82, 2.24) is 0 Å². The van der Waals surface area contributed by atoms with Crippen LogP contribution in [0.1, 0.15) is 93.1 Å². The highest BCUT2D eigenvalue weighted by Gasteiger charge is 2.90. The first kappa shape index (κ1) is 31.9. The predicted octanol–water partition coefficient (Wildman–Crippen LogP) is 5.66. The van der Waals surface area contributed by atoms with Crippen LogP contribution in [0.5, 0.6) is 0 Å². The molecule has 3 aliphatic carbocycles. The number of furan rings is 1. The predicted molar refractivity (Wildman–Crippen MR) is 163 cm³/mol. The van der Waals surface area contributed by atoms with Crippen molar-refractivity contribution >= 4 is 17.9 Å². The molecule has 252 valence electrons. The third-order valence-corrected chi connectivity index (χ3v) is 12.7. The van der Waals surface area contributed by atoms with Gasteiger partial charge in [0, 0.05) is 37.2 Å². The Kier molecular flexibility index (Phi) is 6.72. The Bertz CT molecular complexity index is 1500. The molecule has 0 aromatic carbocycles. The van der Waals surface area contributed by atoms with Gasteiger partial charge in [0.1, 0.15) is 11.2 Å². The second-order valence-electron chi connectivity index (χ2n) is 16.5. The van der Waals surface area contributed by atoms with Gasteiger partial charge in [-0.25, -0.2) is 4.79 Å². The summed E-state index contributed by atoms with van der Waals surface area (Å²) in [7, 11) is 1.39. The van der Waals surface area contributed by atoms with Crippen LogP contribution in [0, 0.1) is 34.0 Å². The lowest BCUT2D eigenvalue weighted by molar-refractivity contribution is -0.396. The fourth-order valence-electron chi connectivity index (χ4n) is 11.6. The molecule has 4 bridgehead atoms. The molecule has 0 amide bonds. The van der Waals surface area contributed by atoms with E-state index in [2.05, 4.69) is 27.7 Å². The summed E-state index contributed by atoms with van der Waals surface area (Å²) in [6.07, 6.45) is 6.83. The second kappa shape index (κ2) is 9.69. The first-order valence-electron chi connectivity index (χ1n) is 16.7. The average Bonchev–Trinajstić information content (AvgIpc) is 3.63. The summed E-state index contributed by atoms with van der Waals surface area (Å²) in [5.41, 5.74) is -4.07. The molecule has 7 rings (SSSR count). The summed E-state index contributed by atoms with van der Waals surface area (Å²) >= 11 is 0. The minimum atomic E-state index is -1.54. The molecule has 10 heteroatoms. The van der Waals surface area contributed by atoms with Crippen molar-refractivity contribution in [1.29, 1.82) is 0 Å². The lowest BCUT2D eigenvalue weighted by atomic mass is 9.48. The van der Waals surface area contributed by atoms with E-state index in [1.54, 1.807) is 19.5 Å². The van der Waals surface area contributed by atoms with Gasteiger partial charge in [-0.15, -0.1) is 0 Å². The van der Waals surface area contributed by atoms with Crippen LogP contribution in [0.3, 0.4) is 0 Å². The number of allylic oxidation sites excluding steroid dienone is 1. The van der Waals surface area contributed by atoms with E-state index in [-0.39, 0.29) is 24.2 Å². The van der Waals surface area contributed by atoms with Crippen LogP contribution >= 0.6 is 0 Å². The van der Waals surface area contributed by atoms with E-state index in [0.717, 1.165) is 12.0 Å². The standard InChI is InChI=1S/C36H48O10/c1-20(2)14-23-27-31(6,16-22-11-13-41-17-22)12-10-25-36(27)29(42-28(23)39)34(43-21(3)37)18-32(7)19-35(34,45-33(8,44-25)46-36)30(4,5)24(32)15-26(38)40-9/h11,13-14,17,20,24-25,27,29H,10,12,15-16,18-19H2,1-9H3/b23-14+. The minimum absolute atomic E-state index is 0.0537. The van der Waals surface area contributed by atoms with Crippen LogP contribution in [0.25, 0.3) is 0 Å². The molecule has 0 radical (unpaired) electrons. The molecule has 10 unspecified atom stereocenters. The SMILES string of the molecule is COC(=O)CC1C2(C)CC3(OC(C)=O)C4OC(=O)/C(=C/C(C)C)C5C(C)(Cc6ccoc6)CCC6OC(C)(OC654)OC3(C2)C1(C)C. The van der Waals surface area contributed by atoms with Crippen molar-refractivity contribution in [3.05, 3.63) is 35.8 Å². The van der Waals surface area contributed by atoms with E-state index >= 15 is 0 Å². The van der Waals surface area contributed by atoms with Crippen molar-refractivity contribution in [3.8, 4) is 0 Å². The first-order valence-corrected chi connectivity index (χ1v) is 16.7. The second-order valence-corrected chi connectivity index (χ2v) is 16.5. The zero-order valence-corrected chi connectivity index (χ0v) is 28.5. The van der Waals surface area contributed by atoms with Crippen molar-refractivity contribution in [2.75, 3.05) is 7.11 Å². The lowest BCUT2D eigenvalue weighted by Crippen LogP contribution is -2.79. The van der Waals surface area contributed by atoms with E-state index in [0.29, 0.717) is 31.3 Å². The van der Waals surface area contributed by atoms with Gasteiger partial charge in [-0.1, -0.05) is 47.6 Å². The highest BCUT2D eigenvalue weighted by atomic mass is 16.9. The van der Waals surface area contributed by atoms with Gasteiger partial charge in [0.05, 0.1) is 25.7 Å². The number of hydrogen-bond acceptors (Lipinski definition) is 10. The molecule has 1 aromatic rings. The van der Waals surface area contributed by atoms with Crippen molar-refractivity contribution in [2.24, 2.45) is 34.0 Å². The quantitative estimate of drug-likeness (QED) is 0.219. The van der Waals surface area contributed by atoms with Crippen molar-refractivity contribution in [2.45, 2.75) is 129 Å². The molecule has 6 fully saturated rings. The van der Waals surface area contributed by atoms with E-state index in [1.807, 2.05) is 26.0 Å². The highest BCUT2D eigenvalue weighted by molar-refractivity contribution is 5.91. The van der Waals surface area contributed by atoms with Crippen LogP contribution in [-0.2, 0) is 49.2 Å². The fraction of sp³-hybridized carbons (Fsp3) is 0.750. The highest BCUT2D eigenvalue weighted by Crippen LogP contribution is 2.80. The maximum absolute atomic E-state index is 14.5. The Morgan fingerprint density at radius 2 is 1.85 bits per heavy atom. The molecule has 10 nitrogen and oxygen atoms in total. The molecule has 3 saturated carbocycles. The van der Waals surface area contributed by atoms with Gasteiger partial charge < -0.3 is 32.8 Å². The Hall–Kier alpha value is -2.69. The summed E-state index contributed by atoms with van der Waals surface area (Å²) < 4.78 is 45.2. The number of hydrogen-bond donors (Lipinski definition) is 0. The maximum atomic E-state index is 14.5. The average molecular weight is 641 g/mol. The molecule has 0 N–H and O–H groups in total. The number of rotatable bonds is 6. The zero-order valence-electron chi connectivity index (χ0n) is 28.5. The topological polar surface area (TPSA) is 120 Å². The summed E-state index contributed by atoms with van der Waals surface area (Å²) in [6, 6.07) is 1.96. The molecule has 10 atom stereocenters. The summed E-state index contributed by atoms with van der Waals surface area (Å²) in [5, 5.41) is 0. The van der Waals surface area contributed by atoms with Gasteiger partial charge in [-0.05, 0) is 66.4 Å². The summed E-state index contributed by atoms with van der Waals surface area (Å²) in [4.78, 5) is 40.6. The molecule has 2 spiro atoms. The molecular weight excluding hydrogens is 592 g/mol. The molecule has 1 aromatic heterocycles. The van der Waals surface area contributed by atoms with Gasteiger partial charge in [-0.2, -0.15) is 0 Å². The molecule has 4 heterocycles. The van der Waals surface area contributed by atoms with Crippen LogP contribution in [0.4, 0.5) is 0 Å². The number of methoxy groups -OCH3 is 1. The first-order chi connectivity index (χ1) is 21.4.